The average molecular weight is 387 g/mol. The molecule has 0 bridgehead atoms. The van der Waals surface area contributed by atoms with Crippen molar-refractivity contribution in [3.63, 3.8) is 0 Å². The van der Waals surface area contributed by atoms with E-state index in [0.29, 0.717) is 24.2 Å². The van der Waals surface area contributed by atoms with Crippen molar-refractivity contribution in [3.8, 4) is 0 Å². The fourth-order valence-electron chi connectivity index (χ4n) is 2.95. The molecule has 2 aromatic heterocycles. The SMILES string of the molecule is CC(C)[C@@H]([NH2+]Cc1cc(=O)n2cc(Br)ccc2n1)c1ccccc1. The van der Waals surface area contributed by atoms with E-state index in [9.17, 15) is 4.79 Å². The van der Waals surface area contributed by atoms with E-state index in [2.05, 4.69) is 64.3 Å². The summed E-state index contributed by atoms with van der Waals surface area (Å²) in [4.78, 5) is 16.9. The molecule has 0 aliphatic carbocycles. The molecule has 1 aromatic carbocycles. The lowest BCUT2D eigenvalue weighted by atomic mass is 9.96. The summed E-state index contributed by atoms with van der Waals surface area (Å²) in [6.07, 6.45) is 1.75. The molecule has 24 heavy (non-hydrogen) atoms. The molecule has 0 saturated carbocycles. The zero-order chi connectivity index (χ0) is 17.1. The third kappa shape index (κ3) is 3.74. The topological polar surface area (TPSA) is 51.0 Å². The smallest absolute Gasteiger partial charge is 0.258 e. The van der Waals surface area contributed by atoms with E-state index in [0.717, 1.165) is 10.2 Å². The number of aromatic nitrogens is 2. The zero-order valence-corrected chi connectivity index (χ0v) is 15.4. The molecule has 0 unspecified atom stereocenters. The second-order valence-electron chi connectivity index (χ2n) is 6.28. The van der Waals surface area contributed by atoms with Gasteiger partial charge >= 0.3 is 0 Å². The number of halogens is 1. The van der Waals surface area contributed by atoms with E-state index in [4.69, 9.17) is 0 Å². The predicted octanol–water partition coefficient (Wildman–Crippen LogP) is 2.92. The normalized spacial score (nSPS) is 12.7. The van der Waals surface area contributed by atoms with Gasteiger partial charge in [-0.1, -0.05) is 44.2 Å². The summed E-state index contributed by atoms with van der Waals surface area (Å²) in [5.74, 6) is 0.491. The minimum atomic E-state index is -0.0505. The van der Waals surface area contributed by atoms with Gasteiger partial charge < -0.3 is 5.32 Å². The van der Waals surface area contributed by atoms with Gasteiger partial charge in [0.2, 0.25) is 0 Å². The molecule has 0 aliphatic rings. The van der Waals surface area contributed by atoms with Crippen molar-refractivity contribution in [1.82, 2.24) is 9.38 Å². The monoisotopic (exact) mass is 386 g/mol. The summed E-state index contributed by atoms with van der Waals surface area (Å²) in [5, 5.41) is 2.26. The van der Waals surface area contributed by atoms with Gasteiger partial charge in [-0.3, -0.25) is 9.20 Å². The van der Waals surface area contributed by atoms with Gasteiger partial charge in [-0.25, -0.2) is 4.98 Å². The maximum absolute atomic E-state index is 12.3. The number of nitrogens with zero attached hydrogens (tertiary/aromatic N) is 2. The minimum absolute atomic E-state index is 0.0505. The molecule has 124 valence electrons. The number of fused-ring (bicyclic) bond motifs is 1. The fraction of sp³-hybridized carbons (Fsp3) is 0.263. The van der Waals surface area contributed by atoms with E-state index in [-0.39, 0.29) is 5.56 Å². The number of pyridine rings is 1. The zero-order valence-electron chi connectivity index (χ0n) is 13.8. The van der Waals surface area contributed by atoms with Gasteiger partial charge in [-0.05, 0) is 28.1 Å². The molecular weight excluding hydrogens is 366 g/mol. The maximum Gasteiger partial charge on any atom is 0.258 e. The summed E-state index contributed by atoms with van der Waals surface area (Å²) in [7, 11) is 0. The molecule has 2 N–H and O–H groups in total. The van der Waals surface area contributed by atoms with Gasteiger partial charge in [0.25, 0.3) is 5.56 Å². The van der Waals surface area contributed by atoms with Crippen molar-refractivity contribution in [2.75, 3.05) is 0 Å². The summed E-state index contributed by atoms with van der Waals surface area (Å²) in [6, 6.07) is 16.2. The summed E-state index contributed by atoms with van der Waals surface area (Å²) >= 11 is 3.38. The van der Waals surface area contributed by atoms with Crippen LogP contribution in [0, 0.1) is 5.92 Å². The molecule has 0 radical (unpaired) electrons. The van der Waals surface area contributed by atoms with Crippen LogP contribution in [0.5, 0.6) is 0 Å². The summed E-state index contributed by atoms with van der Waals surface area (Å²) in [6.45, 7) is 5.11. The van der Waals surface area contributed by atoms with Crippen LogP contribution in [-0.2, 0) is 6.54 Å². The Labute approximate surface area is 149 Å². The van der Waals surface area contributed by atoms with Crippen molar-refractivity contribution in [2.24, 2.45) is 5.92 Å². The highest BCUT2D eigenvalue weighted by Crippen LogP contribution is 2.17. The lowest BCUT2D eigenvalue weighted by molar-refractivity contribution is -0.717. The molecule has 0 saturated heterocycles. The first-order valence-corrected chi connectivity index (χ1v) is 8.90. The minimum Gasteiger partial charge on any atom is -0.335 e. The van der Waals surface area contributed by atoms with Gasteiger partial charge in [0.1, 0.15) is 23.9 Å². The van der Waals surface area contributed by atoms with Crippen LogP contribution >= 0.6 is 15.9 Å². The third-order valence-electron chi connectivity index (χ3n) is 4.16. The van der Waals surface area contributed by atoms with E-state index < -0.39 is 0 Å². The quantitative estimate of drug-likeness (QED) is 0.732. The van der Waals surface area contributed by atoms with Gasteiger partial charge in [0.15, 0.2) is 0 Å². The summed E-state index contributed by atoms with van der Waals surface area (Å²) < 4.78 is 2.42. The van der Waals surface area contributed by atoms with E-state index >= 15 is 0 Å². The van der Waals surface area contributed by atoms with Crippen LogP contribution in [0.2, 0.25) is 0 Å². The first-order valence-electron chi connectivity index (χ1n) is 8.10. The number of quaternary nitrogens is 1. The highest BCUT2D eigenvalue weighted by atomic mass is 79.9. The maximum atomic E-state index is 12.3. The average Bonchev–Trinajstić information content (AvgIpc) is 2.56. The van der Waals surface area contributed by atoms with Crippen molar-refractivity contribution in [3.05, 3.63) is 80.8 Å². The van der Waals surface area contributed by atoms with Crippen molar-refractivity contribution in [2.45, 2.75) is 26.4 Å². The number of hydrogen-bond donors (Lipinski definition) is 1. The Morgan fingerprint density at radius 3 is 2.62 bits per heavy atom. The second kappa shape index (κ2) is 7.28. The van der Waals surface area contributed by atoms with Crippen LogP contribution in [0.3, 0.4) is 0 Å². The Kier molecular flexibility index (Phi) is 5.11. The summed E-state index contributed by atoms with van der Waals surface area (Å²) in [5.41, 5.74) is 2.73. The Morgan fingerprint density at radius 1 is 1.17 bits per heavy atom. The first-order chi connectivity index (χ1) is 11.5. The number of rotatable bonds is 5. The van der Waals surface area contributed by atoms with Gasteiger partial charge in [-0.15, -0.1) is 0 Å². The molecule has 4 nitrogen and oxygen atoms in total. The molecule has 5 heteroatoms. The second-order valence-corrected chi connectivity index (χ2v) is 7.20. The Balaban J connectivity index is 1.84. The molecule has 3 aromatic rings. The molecule has 0 fully saturated rings. The van der Waals surface area contributed by atoms with Crippen molar-refractivity contribution >= 4 is 21.6 Å². The molecular formula is C19H21BrN3O+. The van der Waals surface area contributed by atoms with Gasteiger partial charge in [-0.2, -0.15) is 0 Å². The number of nitrogens with two attached hydrogens (primary N) is 1. The fourth-order valence-corrected chi connectivity index (χ4v) is 3.28. The standard InChI is InChI=1S/C19H20BrN3O/c1-13(2)19(14-6-4-3-5-7-14)21-11-16-10-18(24)23-12-15(20)8-9-17(23)22-16/h3-10,12-13,19,21H,11H2,1-2H3/p+1/t19-/m1/s1. The van der Waals surface area contributed by atoms with Crippen LogP contribution in [-0.4, -0.2) is 9.38 Å². The van der Waals surface area contributed by atoms with Crippen LogP contribution in [0.4, 0.5) is 0 Å². The van der Waals surface area contributed by atoms with Crippen LogP contribution < -0.4 is 10.9 Å². The van der Waals surface area contributed by atoms with Gasteiger partial charge in [0, 0.05) is 28.2 Å². The molecule has 2 heterocycles. The third-order valence-corrected chi connectivity index (χ3v) is 4.63. The van der Waals surface area contributed by atoms with Crippen LogP contribution in [0.15, 0.2) is 64.0 Å². The highest BCUT2D eigenvalue weighted by Gasteiger charge is 2.19. The largest absolute Gasteiger partial charge is 0.335 e. The lowest BCUT2D eigenvalue weighted by Crippen LogP contribution is -2.84. The van der Waals surface area contributed by atoms with Crippen LogP contribution in [0.25, 0.3) is 5.65 Å². The molecule has 3 rings (SSSR count). The Hall–Kier alpha value is -1.98. The highest BCUT2D eigenvalue weighted by molar-refractivity contribution is 9.10. The number of hydrogen-bond acceptors (Lipinski definition) is 2. The Bertz CT molecular complexity index is 890. The number of benzene rings is 1. The van der Waals surface area contributed by atoms with Crippen molar-refractivity contribution in [1.29, 1.82) is 0 Å². The molecule has 1 atom stereocenters. The van der Waals surface area contributed by atoms with Crippen molar-refractivity contribution < 1.29 is 5.32 Å². The molecule has 0 amide bonds. The molecule has 0 spiro atoms. The van der Waals surface area contributed by atoms with E-state index in [1.807, 2.05) is 18.2 Å². The lowest BCUT2D eigenvalue weighted by Gasteiger charge is -2.19. The Morgan fingerprint density at radius 2 is 1.92 bits per heavy atom. The first kappa shape index (κ1) is 16.9. The predicted molar refractivity (Wildman–Crippen MR) is 98.8 cm³/mol. The van der Waals surface area contributed by atoms with E-state index in [1.165, 1.54) is 5.56 Å². The van der Waals surface area contributed by atoms with Gasteiger partial charge in [0.05, 0.1) is 0 Å². The van der Waals surface area contributed by atoms with Crippen LogP contribution in [0.1, 0.15) is 31.1 Å². The van der Waals surface area contributed by atoms with E-state index in [1.54, 1.807) is 16.7 Å². The molecule has 0 aliphatic heterocycles.